The molecule has 1 aliphatic heterocycles. The summed E-state index contributed by atoms with van der Waals surface area (Å²) in [7, 11) is 1.59. The predicted octanol–water partition coefficient (Wildman–Crippen LogP) is 2.83. The van der Waals surface area contributed by atoms with E-state index in [1.54, 1.807) is 55.6 Å². The summed E-state index contributed by atoms with van der Waals surface area (Å²) in [5, 5.41) is 19.0. The highest BCUT2D eigenvalue weighted by Crippen LogP contribution is 2.29. The molecule has 0 radical (unpaired) electrons. The smallest absolute Gasteiger partial charge is 0.255 e. The van der Waals surface area contributed by atoms with E-state index in [1.807, 2.05) is 6.92 Å². The number of hydrogen-bond acceptors (Lipinski definition) is 4. The molecule has 0 saturated carbocycles. The van der Waals surface area contributed by atoms with Gasteiger partial charge in [0.2, 0.25) is 0 Å². The summed E-state index contributed by atoms with van der Waals surface area (Å²) in [6.45, 7) is 1.81. The van der Waals surface area contributed by atoms with Crippen molar-refractivity contribution in [2.75, 3.05) is 12.4 Å². The lowest BCUT2D eigenvalue weighted by Gasteiger charge is -2.30. The van der Waals surface area contributed by atoms with E-state index >= 15 is 0 Å². The molecule has 2 aromatic rings. The van der Waals surface area contributed by atoms with E-state index in [0.717, 1.165) is 5.56 Å². The van der Waals surface area contributed by atoms with Crippen LogP contribution in [0.15, 0.2) is 59.8 Å². The zero-order valence-electron chi connectivity index (χ0n) is 14.4. The number of hydrogen-bond donors (Lipinski definition) is 4. The Hall–Kier alpha value is -3.06. The maximum absolute atomic E-state index is 12.9. The second-order valence-electron chi connectivity index (χ2n) is 5.84. The summed E-state index contributed by atoms with van der Waals surface area (Å²) in [4.78, 5) is 12.9. The number of thiocarbonyl (C=S) groups is 1. The van der Waals surface area contributed by atoms with Crippen molar-refractivity contribution in [2.45, 2.75) is 13.0 Å². The summed E-state index contributed by atoms with van der Waals surface area (Å²) in [6, 6.07) is 13.4. The Morgan fingerprint density at radius 3 is 2.42 bits per heavy atom. The van der Waals surface area contributed by atoms with Gasteiger partial charge >= 0.3 is 0 Å². The van der Waals surface area contributed by atoms with Crippen molar-refractivity contribution >= 4 is 28.9 Å². The molecule has 0 unspecified atom stereocenters. The van der Waals surface area contributed by atoms with Gasteiger partial charge in [0.1, 0.15) is 11.5 Å². The lowest BCUT2D eigenvalue weighted by atomic mass is 9.95. The lowest BCUT2D eigenvalue weighted by Crippen LogP contribution is -2.45. The second kappa shape index (κ2) is 7.45. The molecule has 6 nitrogen and oxygen atoms in total. The lowest BCUT2D eigenvalue weighted by molar-refractivity contribution is -0.113. The van der Waals surface area contributed by atoms with Crippen molar-refractivity contribution in [2.24, 2.45) is 0 Å². The van der Waals surface area contributed by atoms with Crippen LogP contribution in [-0.4, -0.2) is 23.2 Å². The minimum Gasteiger partial charge on any atom is -0.508 e. The number of methoxy groups -OCH3 is 1. The number of phenolic OH excluding ortho intramolecular Hbond substituents is 1. The molecule has 2 aromatic carbocycles. The number of aromatic hydroxyl groups is 1. The van der Waals surface area contributed by atoms with Gasteiger partial charge in [-0.25, -0.2) is 0 Å². The molecule has 0 bridgehead atoms. The van der Waals surface area contributed by atoms with E-state index in [0.29, 0.717) is 27.8 Å². The minimum absolute atomic E-state index is 0.162. The van der Waals surface area contributed by atoms with Gasteiger partial charge in [-0.1, -0.05) is 12.1 Å². The third-order valence-corrected chi connectivity index (χ3v) is 4.31. The molecule has 134 valence electrons. The highest BCUT2D eigenvalue weighted by atomic mass is 32.1. The summed E-state index contributed by atoms with van der Waals surface area (Å²) < 4.78 is 5.13. The Morgan fingerprint density at radius 1 is 1.15 bits per heavy atom. The maximum Gasteiger partial charge on any atom is 0.255 e. The van der Waals surface area contributed by atoms with Gasteiger partial charge in [0.15, 0.2) is 5.11 Å². The van der Waals surface area contributed by atoms with E-state index < -0.39 is 6.04 Å². The van der Waals surface area contributed by atoms with Crippen LogP contribution in [0.1, 0.15) is 18.5 Å². The Bertz CT molecular complexity index is 861. The highest BCUT2D eigenvalue weighted by molar-refractivity contribution is 7.80. The number of phenols is 1. The number of anilines is 1. The van der Waals surface area contributed by atoms with Gasteiger partial charge in [0.05, 0.1) is 18.7 Å². The quantitative estimate of drug-likeness (QED) is 0.621. The number of allylic oxidation sites excluding steroid dienone is 1. The van der Waals surface area contributed by atoms with E-state index in [2.05, 4.69) is 16.0 Å². The van der Waals surface area contributed by atoms with E-state index in [9.17, 15) is 9.90 Å². The van der Waals surface area contributed by atoms with Crippen LogP contribution in [0.4, 0.5) is 5.69 Å². The van der Waals surface area contributed by atoms with E-state index in [4.69, 9.17) is 17.0 Å². The van der Waals surface area contributed by atoms with E-state index in [1.165, 1.54) is 0 Å². The summed E-state index contributed by atoms with van der Waals surface area (Å²) >= 11 is 5.23. The highest BCUT2D eigenvalue weighted by Gasteiger charge is 2.29. The van der Waals surface area contributed by atoms with Crippen LogP contribution in [0.5, 0.6) is 11.5 Å². The number of carbonyl (C=O) groups excluding carboxylic acids is 1. The Kier molecular flexibility index (Phi) is 5.09. The number of rotatable bonds is 4. The summed E-state index contributed by atoms with van der Waals surface area (Å²) in [6.07, 6.45) is 0. The molecule has 0 spiro atoms. The van der Waals surface area contributed by atoms with Crippen LogP contribution in [0.25, 0.3) is 0 Å². The molecular weight excluding hydrogens is 350 g/mol. The Morgan fingerprint density at radius 2 is 1.81 bits per heavy atom. The van der Waals surface area contributed by atoms with Gasteiger partial charge in [-0.05, 0) is 61.1 Å². The van der Waals surface area contributed by atoms with E-state index in [-0.39, 0.29) is 11.7 Å². The molecule has 1 aliphatic rings. The number of carbonyl (C=O) groups is 1. The molecular formula is C19H19N3O3S. The van der Waals surface area contributed by atoms with Crippen LogP contribution in [0.2, 0.25) is 0 Å². The Balaban J connectivity index is 1.89. The monoisotopic (exact) mass is 369 g/mol. The van der Waals surface area contributed by atoms with Crippen molar-refractivity contribution in [3.63, 3.8) is 0 Å². The van der Waals surface area contributed by atoms with Crippen molar-refractivity contribution in [3.8, 4) is 11.5 Å². The third kappa shape index (κ3) is 3.78. The van der Waals surface area contributed by atoms with Crippen molar-refractivity contribution in [3.05, 3.63) is 65.4 Å². The minimum atomic E-state index is -0.414. The zero-order valence-corrected chi connectivity index (χ0v) is 15.2. The topological polar surface area (TPSA) is 82.6 Å². The van der Waals surface area contributed by atoms with Crippen LogP contribution < -0.4 is 20.7 Å². The number of ether oxygens (including phenoxy) is 1. The molecule has 0 saturated heterocycles. The van der Waals surface area contributed by atoms with Crippen LogP contribution in [-0.2, 0) is 4.79 Å². The molecule has 0 fully saturated rings. The largest absolute Gasteiger partial charge is 0.508 e. The van der Waals surface area contributed by atoms with Crippen molar-refractivity contribution in [1.29, 1.82) is 0 Å². The van der Waals surface area contributed by atoms with Crippen molar-refractivity contribution < 1.29 is 14.6 Å². The maximum atomic E-state index is 12.9. The fraction of sp³-hybridized carbons (Fsp3) is 0.158. The molecule has 1 heterocycles. The number of benzene rings is 2. The SMILES string of the molecule is COc1ccc(NC(=O)C2=C(C)NC(=S)N[C@@H]2c2ccc(O)cc2)cc1. The molecule has 26 heavy (non-hydrogen) atoms. The molecule has 4 N–H and O–H groups in total. The molecule has 1 atom stereocenters. The standard InChI is InChI=1S/C19H19N3O3S/c1-11-16(18(24)21-13-5-9-15(25-2)10-6-13)17(22-19(26)20-11)12-3-7-14(23)8-4-12/h3-10,17,23H,1-2H3,(H,21,24)(H2,20,22,26)/t17-/m1/s1. The third-order valence-electron chi connectivity index (χ3n) is 4.09. The van der Waals surface area contributed by atoms with Gasteiger partial charge in [-0.2, -0.15) is 0 Å². The fourth-order valence-corrected chi connectivity index (χ4v) is 3.06. The average molecular weight is 369 g/mol. The average Bonchev–Trinajstić information content (AvgIpc) is 2.62. The number of amides is 1. The molecule has 0 aromatic heterocycles. The summed E-state index contributed by atoms with van der Waals surface area (Å²) in [5.41, 5.74) is 2.69. The van der Waals surface area contributed by atoms with Crippen molar-refractivity contribution in [1.82, 2.24) is 10.6 Å². The zero-order chi connectivity index (χ0) is 18.7. The van der Waals surface area contributed by atoms with Gasteiger partial charge in [-0.15, -0.1) is 0 Å². The van der Waals surface area contributed by atoms with Gasteiger partial charge < -0.3 is 25.8 Å². The van der Waals surface area contributed by atoms with Gasteiger partial charge in [0, 0.05) is 11.4 Å². The van der Waals surface area contributed by atoms with Crippen LogP contribution in [0.3, 0.4) is 0 Å². The van der Waals surface area contributed by atoms with Crippen LogP contribution in [0, 0.1) is 0 Å². The van der Waals surface area contributed by atoms with Crippen LogP contribution >= 0.6 is 12.2 Å². The fourth-order valence-electron chi connectivity index (χ4n) is 2.78. The second-order valence-corrected chi connectivity index (χ2v) is 6.25. The summed E-state index contributed by atoms with van der Waals surface area (Å²) in [5.74, 6) is 0.634. The normalized spacial score (nSPS) is 16.5. The first-order valence-corrected chi connectivity index (χ1v) is 8.41. The van der Waals surface area contributed by atoms with Gasteiger partial charge in [-0.3, -0.25) is 4.79 Å². The molecule has 7 heteroatoms. The molecule has 3 rings (SSSR count). The number of nitrogens with one attached hydrogen (secondary N) is 3. The first-order valence-electron chi connectivity index (χ1n) is 8.00. The predicted molar refractivity (Wildman–Crippen MR) is 104 cm³/mol. The van der Waals surface area contributed by atoms with Gasteiger partial charge in [0.25, 0.3) is 5.91 Å². The first-order chi connectivity index (χ1) is 12.5. The molecule has 0 aliphatic carbocycles. The Labute approximate surface area is 156 Å². The first kappa shape index (κ1) is 17.8. The molecule has 1 amide bonds.